The lowest BCUT2D eigenvalue weighted by molar-refractivity contribution is 0.120. The quantitative estimate of drug-likeness (QED) is 0.855. The number of benzene rings is 1. The lowest BCUT2D eigenvalue weighted by Crippen LogP contribution is -2.19. The van der Waals surface area contributed by atoms with E-state index < -0.39 is 0 Å². The highest BCUT2D eigenvalue weighted by Crippen LogP contribution is 2.19. The molecule has 1 aromatic heterocycles. The molecule has 0 amide bonds. The third-order valence-electron chi connectivity index (χ3n) is 3.83. The van der Waals surface area contributed by atoms with E-state index in [0.29, 0.717) is 12.1 Å². The predicted octanol–water partition coefficient (Wildman–Crippen LogP) is 2.88. The maximum atomic E-state index is 5.61. The molecular formula is C17H23N5O. The fourth-order valence-electron chi connectivity index (χ4n) is 2.51. The van der Waals surface area contributed by atoms with Crippen LogP contribution in [-0.4, -0.2) is 43.3 Å². The van der Waals surface area contributed by atoms with Crippen LogP contribution in [0.2, 0.25) is 0 Å². The van der Waals surface area contributed by atoms with Gasteiger partial charge in [0.05, 0.1) is 6.10 Å². The minimum Gasteiger partial charge on any atom is -0.378 e. The smallest absolute Gasteiger partial charge is 0.229 e. The Hall–Kier alpha value is -2.34. The molecule has 0 radical (unpaired) electrons. The largest absolute Gasteiger partial charge is 0.378 e. The molecule has 3 rings (SSSR count). The van der Waals surface area contributed by atoms with Crippen molar-refractivity contribution in [3.05, 3.63) is 36.5 Å². The third kappa shape index (κ3) is 4.32. The fraction of sp³-hybridized carbons (Fsp3) is 0.412. The summed E-state index contributed by atoms with van der Waals surface area (Å²) in [6.07, 6.45) is 4.30. The van der Waals surface area contributed by atoms with Crippen molar-refractivity contribution in [1.82, 2.24) is 9.97 Å². The van der Waals surface area contributed by atoms with Gasteiger partial charge in [-0.1, -0.05) is 0 Å². The molecular weight excluding hydrogens is 290 g/mol. The summed E-state index contributed by atoms with van der Waals surface area (Å²) in [6.45, 7) is 1.65. The van der Waals surface area contributed by atoms with Crippen LogP contribution in [0.5, 0.6) is 0 Å². The molecule has 2 N–H and O–H groups in total. The summed E-state index contributed by atoms with van der Waals surface area (Å²) in [6, 6.07) is 10.0. The summed E-state index contributed by atoms with van der Waals surface area (Å²) in [5.74, 6) is 1.39. The van der Waals surface area contributed by atoms with Crippen molar-refractivity contribution < 1.29 is 4.74 Å². The molecule has 0 saturated carbocycles. The first-order valence-corrected chi connectivity index (χ1v) is 7.93. The van der Waals surface area contributed by atoms with E-state index >= 15 is 0 Å². The van der Waals surface area contributed by atoms with E-state index in [4.69, 9.17) is 4.74 Å². The number of aromatic nitrogens is 2. The van der Waals surface area contributed by atoms with Crippen molar-refractivity contribution in [2.75, 3.05) is 42.8 Å². The summed E-state index contributed by atoms with van der Waals surface area (Å²) < 4.78 is 5.61. The van der Waals surface area contributed by atoms with Crippen LogP contribution >= 0.6 is 0 Å². The van der Waals surface area contributed by atoms with Crippen LogP contribution in [0.1, 0.15) is 12.8 Å². The normalized spacial score (nSPS) is 17.0. The average molecular weight is 313 g/mol. The molecule has 0 bridgehead atoms. The minimum atomic E-state index is 0.292. The van der Waals surface area contributed by atoms with Gasteiger partial charge >= 0.3 is 0 Å². The van der Waals surface area contributed by atoms with Crippen molar-refractivity contribution in [1.29, 1.82) is 0 Å². The Kier molecular flexibility index (Phi) is 4.92. The number of nitrogens with zero attached hydrogens (tertiary/aromatic N) is 3. The molecule has 1 atom stereocenters. The average Bonchev–Trinajstić information content (AvgIpc) is 3.07. The topological polar surface area (TPSA) is 62.3 Å². The van der Waals surface area contributed by atoms with Crippen molar-refractivity contribution >= 4 is 23.1 Å². The van der Waals surface area contributed by atoms with Gasteiger partial charge in [-0.25, -0.2) is 4.98 Å². The van der Waals surface area contributed by atoms with Crippen LogP contribution in [-0.2, 0) is 4.74 Å². The van der Waals surface area contributed by atoms with E-state index in [-0.39, 0.29) is 0 Å². The summed E-state index contributed by atoms with van der Waals surface area (Å²) in [5.41, 5.74) is 2.12. The van der Waals surface area contributed by atoms with Gasteiger partial charge in [0.1, 0.15) is 5.82 Å². The number of ether oxygens (including phenoxy) is 1. The van der Waals surface area contributed by atoms with Crippen LogP contribution in [0, 0.1) is 0 Å². The van der Waals surface area contributed by atoms with Gasteiger partial charge in [0.25, 0.3) is 0 Å². The zero-order chi connectivity index (χ0) is 16.1. The predicted molar refractivity (Wildman–Crippen MR) is 93.5 cm³/mol. The molecule has 1 aromatic carbocycles. The van der Waals surface area contributed by atoms with Gasteiger partial charge < -0.3 is 20.3 Å². The van der Waals surface area contributed by atoms with Crippen molar-refractivity contribution in [3.63, 3.8) is 0 Å². The SMILES string of the molecule is CN(C)c1ccc(Nc2nccc(NCC3CCCO3)n2)cc1. The highest BCUT2D eigenvalue weighted by Gasteiger charge is 2.15. The first-order valence-electron chi connectivity index (χ1n) is 7.93. The first kappa shape index (κ1) is 15.6. The van der Waals surface area contributed by atoms with Gasteiger partial charge in [0, 0.05) is 44.8 Å². The van der Waals surface area contributed by atoms with E-state index in [0.717, 1.165) is 43.2 Å². The van der Waals surface area contributed by atoms with E-state index in [1.807, 2.05) is 32.3 Å². The molecule has 1 saturated heterocycles. The Morgan fingerprint density at radius 2 is 2.04 bits per heavy atom. The maximum Gasteiger partial charge on any atom is 0.229 e. The van der Waals surface area contributed by atoms with Crippen LogP contribution in [0.25, 0.3) is 0 Å². The molecule has 1 aliphatic rings. The first-order chi connectivity index (χ1) is 11.2. The lowest BCUT2D eigenvalue weighted by atomic mass is 10.2. The number of rotatable bonds is 6. The Morgan fingerprint density at radius 1 is 1.22 bits per heavy atom. The Balaban J connectivity index is 1.60. The van der Waals surface area contributed by atoms with Crippen molar-refractivity contribution in [2.24, 2.45) is 0 Å². The molecule has 1 fully saturated rings. The zero-order valence-electron chi connectivity index (χ0n) is 13.6. The number of anilines is 4. The second-order valence-electron chi connectivity index (χ2n) is 5.85. The standard InChI is InChI=1S/C17H23N5O/c1-22(2)14-7-5-13(6-8-14)20-17-18-10-9-16(21-17)19-12-15-4-3-11-23-15/h5-10,15H,3-4,11-12H2,1-2H3,(H2,18,19,20,21). The van der Waals surface area contributed by atoms with Gasteiger partial charge in [-0.05, 0) is 43.2 Å². The van der Waals surface area contributed by atoms with Crippen LogP contribution in [0.4, 0.5) is 23.1 Å². The van der Waals surface area contributed by atoms with E-state index in [2.05, 4.69) is 37.6 Å². The molecule has 23 heavy (non-hydrogen) atoms. The Morgan fingerprint density at radius 3 is 2.74 bits per heavy atom. The van der Waals surface area contributed by atoms with Crippen LogP contribution in [0.3, 0.4) is 0 Å². The lowest BCUT2D eigenvalue weighted by Gasteiger charge is -2.14. The summed E-state index contributed by atoms with van der Waals surface area (Å²) >= 11 is 0. The molecule has 0 spiro atoms. The summed E-state index contributed by atoms with van der Waals surface area (Å²) in [7, 11) is 4.05. The number of hydrogen-bond donors (Lipinski definition) is 2. The molecule has 1 aliphatic heterocycles. The summed E-state index contributed by atoms with van der Waals surface area (Å²) in [5, 5.41) is 6.54. The molecule has 0 aliphatic carbocycles. The molecule has 6 heteroatoms. The van der Waals surface area contributed by atoms with E-state index in [1.54, 1.807) is 6.20 Å². The molecule has 122 valence electrons. The van der Waals surface area contributed by atoms with Gasteiger partial charge in [0.15, 0.2) is 0 Å². The van der Waals surface area contributed by atoms with Crippen LogP contribution < -0.4 is 15.5 Å². The third-order valence-corrected chi connectivity index (χ3v) is 3.83. The Bertz CT molecular complexity index is 623. The molecule has 6 nitrogen and oxygen atoms in total. The molecule has 1 unspecified atom stereocenters. The minimum absolute atomic E-state index is 0.292. The highest BCUT2D eigenvalue weighted by atomic mass is 16.5. The van der Waals surface area contributed by atoms with Crippen molar-refractivity contribution in [2.45, 2.75) is 18.9 Å². The van der Waals surface area contributed by atoms with E-state index in [9.17, 15) is 0 Å². The number of hydrogen-bond acceptors (Lipinski definition) is 6. The Labute approximate surface area is 136 Å². The van der Waals surface area contributed by atoms with Crippen LogP contribution in [0.15, 0.2) is 36.5 Å². The zero-order valence-corrected chi connectivity index (χ0v) is 13.6. The molecule has 2 aromatic rings. The fourth-order valence-corrected chi connectivity index (χ4v) is 2.51. The van der Waals surface area contributed by atoms with Gasteiger partial charge in [-0.15, -0.1) is 0 Å². The van der Waals surface area contributed by atoms with Gasteiger partial charge in [-0.3, -0.25) is 0 Å². The maximum absolute atomic E-state index is 5.61. The van der Waals surface area contributed by atoms with E-state index in [1.165, 1.54) is 0 Å². The monoisotopic (exact) mass is 313 g/mol. The molecule has 2 heterocycles. The van der Waals surface area contributed by atoms with Gasteiger partial charge in [-0.2, -0.15) is 4.98 Å². The second kappa shape index (κ2) is 7.28. The van der Waals surface area contributed by atoms with Crippen molar-refractivity contribution in [3.8, 4) is 0 Å². The summed E-state index contributed by atoms with van der Waals surface area (Å²) in [4.78, 5) is 10.8. The van der Waals surface area contributed by atoms with Gasteiger partial charge in [0.2, 0.25) is 5.95 Å². The highest BCUT2D eigenvalue weighted by molar-refractivity contribution is 5.59. The number of nitrogens with one attached hydrogen (secondary N) is 2. The second-order valence-corrected chi connectivity index (χ2v) is 5.85.